The maximum Gasteiger partial charge on any atom is 0.295 e. The van der Waals surface area contributed by atoms with Crippen LogP contribution in [0.1, 0.15) is 33.4 Å². The number of nitrogens with zero attached hydrogens (tertiary/aromatic N) is 8. The smallest absolute Gasteiger partial charge is 0.295 e. The Balaban J connectivity index is 0.927. The third kappa shape index (κ3) is 9.94. The molecule has 8 aromatic rings. The monoisotopic (exact) mass is 896 g/mol. The molecular weight excluding hydrogens is 853 g/mol. The molecule has 0 bridgehead atoms. The van der Waals surface area contributed by atoms with Gasteiger partial charge >= 0.3 is 0 Å². The summed E-state index contributed by atoms with van der Waals surface area (Å²) in [6, 6.07) is 37.2. The van der Waals surface area contributed by atoms with Gasteiger partial charge in [-0.2, -0.15) is 44.2 Å². The third-order valence-electron chi connectivity index (χ3n) is 10.9. The predicted octanol–water partition coefficient (Wildman–Crippen LogP) is 15.4. The van der Waals surface area contributed by atoms with Crippen molar-refractivity contribution >= 4 is 88.5 Å². The van der Waals surface area contributed by atoms with Gasteiger partial charge in [0.05, 0.1) is 45.5 Å². The van der Waals surface area contributed by atoms with Gasteiger partial charge < -0.3 is 15.7 Å². The van der Waals surface area contributed by atoms with E-state index in [0.29, 0.717) is 78.8 Å². The molecular formula is C50H44N10O5S. The van der Waals surface area contributed by atoms with Gasteiger partial charge in [-0.25, -0.2) is 5.48 Å². The van der Waals surface area contributed by atoms with Crippen molar-refractivity contribution in [1.29, 1.82) is 0 Å². The number of anilines is 2. The number of aromatic hydroxyl groups is 1. The number of phenolic OH excluding ortho intramolecular Hbond substituents is 1. The lowest BCUT2D eigenvalue weighted by atomic mass is 10.1. The van der Waals surface area contributed by atoms with Crippen molar-refractivity contribution in [2.75, 3.05) is 11.2 Å². The first-order valence-corrected chi connectivity index (χ1v) is 22.1. The van der Waals surface area contributed by atoms with Crippen molar-refractivity contribution in [2.45, 2.75) is 46.4 Å². The van der Waals surface area contributed by atoms with E-state index in [1.54, 1.807) is 72.8 Å². The molecule has 0 aliphatic heterocycles. The van der Waals surface area contributed by atoms with E-state index in [-0.39, 0.29) is 10.6 Å². The molecule has 0 radical (unpaired) electrons. The molecule has 0 fully saturated rings. The quantitative estimate of drug-likeness (QED) is 0.0401. The number of hydrogen-bond acceptors (Lipinski definition) is 14. The van der Waals surface area contributed by atoms with Gasteiger partial charge in [0, 0.05) is 16.5 Å². The number of hydrogen-bond donors (Lipinski definition) is 4. The van der Waals surface area contributed by atoms with Crippen molar-refractivity contribution in [1.82, 2.24) is 0 Å². The van der Waals surface area contributed by atoms with Gasteiger partial charge in [-0.05, 0) is 189 Å². The summed E-state index contributed by atoms with van der Waals surface area (Å²) in [6.07, 6.45) is 0. The minimum Gasteiger partial charge on any atom is -0.505 e. The Morgan fingerprint density at radius 2 is 0.955 bits per heavy atom. The molecule has 0 spiro atoms. The molecule has 0 aliphatic rings. The second-order valence-corrected chi connectivity index (χ2v) is 17.2. The number of benzene rings is 8. The van der Waals surface area contributed by atoms with E-state index in [2.05, 4.69) is 46.4 Å². The number of aryl methyl sites for hydroxylation is 6. The van der Waals surface area contributed by atoms with Crippen molar-refractivity contribution in [3.05, 3.63) is 161 Å². The molecule has 0 saturated carbocycles. The van der Waals surface area contributed by atoms with Gasteiger partial charge in [-0.1, -0.05) is 24.3 Å². The van der Waals surface area contributed by atoms with Crippen LogP contribution in [0.5, 0.6) is 11.5 Å². The summed E-state index contributed by atoms with van der Waals surface area (Å²) in [4.78, 5) is 5.45. The maximum atomic E-state index is 11.9. The zero-order valence-corrected chi connectivity index (χ0v) is 37.6. The number of fused-ring (bicyclic) bond motifs is 2. The Bertz CT molecular complexity index is 3440. The highest BCUT2D eigenvalue weighted by Gasteiger charge is 2.15. The molecule has 15 nitrogen and oxygen atoms in total. The molecule has 330 valence electrons. The first kappa shape index (κ1) is 44.4. The molecule has 5 N–H and O–H groups in total. The third-order valence-corrected chi connectivity index (χ3v) is 11.8. The van der Waals surface area contributed by atoms with Crippen molar-refractivity contribution < 1.29 is 22.9 Å². The average Bonchev–Trinajstić information content (AvgIpc) is 3.29. The summed E-state index contributed by atoms with van der Waals surface area (Å²) in [5, 5.41) is 49.5. The van der Waals surface area contributed by atoms with Crippen LogP contribution in [0.3, 0.4) is 0 Å². The maximum absolute atomic E-state index is 11.9. The fourth-order valence-electron chi connectivity index (χ4n) is 7.06. The summed E-state index contributed by atoms with van der Waals surface area (Å²) in [6.45, 7) is 11.5. The zero-order valence-electron chi connectivity index (χ0n) is 36.8. The van der Waals surface area contributed by atoms with E-state index in [9.17, 15) is 18.1 Å². The first-order valence-electron chi connectivity index (χ1n) is 20.6. The number of azo groups is 4. The molecule has 8 aromatic carbocycles. The van der Waals surface area contributed by atoms with Crippen molar-refractivity contribution in [3.63, 3.8) is 0 Å². The predicted molar refractivity (Wildman–Crippen MR) is 259 cm³/mol. The van der Waals surface area contributed by atoms with Crippen LogP contribution in [-0.4, -0.2) is 18.1 Å². The SMILES string of the molecule is Cc1cc(N=Nc2cc(C)c(N=Nc3cc(C)c(N=Nc4ccc5cc(NOc6ccc(N)cc6)ccc5c4O)cc3C)cc2C)c(C)cc1N=Nc1ccc2cccc(S(=O)(=O)O)c2c1. The van der Waals surface area contributed by atoms with Crippen LogP contribution in [-0.2, 0) is 10.1 Å². The Morgan fingerprint density at radius 3 is 1.45 bits per heavy atom. The second-order valence-electron chi connectivity index (χ2n) is 15.9. The fourth-order valence-corrected chi connectivity index (χ4v) is 7.76. The van der Waals surface area contributed by atoms with Crippen LogP contribution in [0.4, 0.5) is 56.9 Å². The summed E-state index contributed by atoms with van der Waals surface area (Å²) in [7, 11) is -4.41. The minimum absolute atomic E-state index is 0.0160. The molecule has 0 aromatic heterocycles. The molecule has 66 heavy (non-hydrogen) atoms. The van der Waals surface area contributed by atoms with E-state index < -0.39 is 10.1 Å². The summed E-state index contributed by atoms with van der Waals surface area (Å²) in [5.74, 6) is 0.628. The average molecular weight is 897 g/mol. The number of phenols is 1. The van der Waals surface area contributed by atoms with Crippen LogP contribution >= 0.6 is 0 Å². The van der Waals surface area contributed by atoms with E-state index in [0.717, 1.165) is 38.8 Å². The molecule has 0 saturated heterocycles. The van der Waals surface area contributed by atoms with Gasteiger partial charge in [0.1, 0.15) is 10.6 Å². The van der Waals surface area contributed by atoms with Crippen molar-refractivity contribution in [3.8, 4) is 11.5 Å². The highest BCUT2D eigenvalue weighted by Crippen LogP contribution is 2.39. The molecule has 0 unspecified atom stereocenters. The van der Waals surface area contributed by atoms with E-state index in [1.165, 1.54) is 6.07 Å². The number of nitrogen functional groups attached to an aromatic ring is 1. The number of rotatable bonds is 12. The van der Waals surface area contributed by atoms with E-state index in [4.69, 9.17) is 10.6 Å². The second kappa shape index (κ2) is 18.5. The topological polar surface area (TPSA) is 221 Å². The normalized spacial score (nSPS) is 12.2. The summed E-state index contributed by atoms with van der Waals surface area (Å²) >= 11 is 0. The number of nitrogens with one attached hydrogen (secondary N) is 1. The van der Waals surface area contributed by atoms with Gasteiger partial charge in [0.2, 0.25) is 0 Å². The molecule has 0 atom stereocenters. The van der Waals surface area contributed by atoms with E-state index >= 15 is 0 Å². The largest absolute Gasteiger partial charge is 0.505 e. The first-order chi connectivity index (χ1) is 31.6. The Kier molecular flexibility index (Phi) is 12.4. The Hall–Kier alpha value is -8.21. The van der Waals surface area contributed by atoms with Gasteiger partial charge in [-0.3, -0.25) is 4.55 Å². The van der Waals surface area contributed by atoms with Gasteiger partial charge in [0.15, 0.2) is 11.5 Å². The zero-order chi connectivity index (χ0) is 46.7. The van der Waals surface area contributed by atoms with Crippen LogP contribution in [0.25, 0.3) is 21.5 Å². The van der Waals surface area contributed by atoms with Crippen LogP contribution in [0, 0.1) is 41.5 Å². The summed E-state index contributed by atoms with van der Waals surface area (Å²) < 4.78 is 33.5. The molecule has 0 amide bonds. The molecule has 0 aliphatic carbocycles. The van der Waals surface area contributed by atoms with Gasteiger partial charge in [0.25, 0.3) is 10.1 Å². The van der Waals surface area contributed by atoms with Crippen LogP contribution in [0.2, 0.25) is 0 Å². The Morgan fingerprint density at radius 1 is 0.485 bits per heavy atom. The number of nitrogens with two attached hydrogens (primary N) is 1. The minimum atomic E-state index is -4.41. The molecule has 16 heteroatoms. The van der Waals surface area contributed by atoms with Crippen LogP contribution in [0.15, 0.2) is 173 Å². The Labute approximate surface area is 380 Å². The molecule has 8 rings (SSSR count). The standard InChI is InChI=1S/C50H44N10O5S/c1-28-21-45(29(2)20-43(28)54-52-37-14-10-34-8-7-9-49(41(34)27-37)66(62,63)64)56-58-47-24-33(6)48(25-32(47)5)59-57-46-23-30(3)44(22-31(46)4)55-53-42-19-11-35-26-38(15-18-40(35)50(42)61)60-65-39-16-12-36(51)13-17-39/h7-27,60-61H,51H2,1-6H3,(H,62,63,64). The highest BCUT2D eigenvalue weighted by atomic mass is 32.2. The van der Waals surface area contributed by atoms with Crippen LogP contribution < -0.4 is 16.1 Å². The van der Waals surface area contributed by atoms with Crippen molar-refractivity contribution in [2.24, 2.45) is 40.9 Å². The molecule has 0 heterocycles. The fraction of sp³-hybridized carbons (Fsp3) is 0.120. The lowest BCUT2D eigenvalue weighted by Gasteiger charge is -2.10. The summed E-state index contributed by atoms with van der Waals surface area (Å²) in [5.41, 5.74) is 19.9. The van der Waals surface area contributed by atoms with Gasteiger partial charge in [-0.15, -0.1) is 5.11 Å². The highest BCUT2D eigenvalue weighted by molar-refractivity contribution is 7.86. The lowest BCUT2D eigenvalue weighted by molar-refractivity contribution is 0.405. The lowest BCUT2D eigenvalue weighted by Crippen LogP contribution is -2.04. The van der Waals surface area contributed by atoms with E-state index in [1.807, 2.05) is 90.1 Å².